The Kier molecular flexibility index (Phi) is 11.2. The first-order chi connectivity index (χ1) is 26.5. The molecule has 2 heteroatoms. The molecule has 0 unspecified atom stereocenters. The largest absolute Gasteiger partial charge is 0.310 e. The highest BCUT2D eigenvalue weighted by atomic mass is 15.1. The molecule has 7 aromatic rings. The van der Waals surface area contributed by atoms with E-state index in [1.165, 1.54) is 27.8 Å². The van der Waals surface area contributed by atoms with E-state index in [0.717, 1.165) is 45.3 Å². The predicted molar refractivity (Wildman–Crippen MR) is 234 cm³/mol. The molecule has 0 bridgehead atoms. The summed E-state index contributed by atoms with van der Waals surface area (Å²) < 4.78 is 0. The van der Waals surface area contributed by atoms with Gasteiger partial charge in [0.15, 0.2) is 0 Å². The highest BCUT2D eigenvalue weighted by Crippen LogP contribution is 2.38. The van der Waals surface area contributed by atoms with Gasteiger partial charge in [0.05, 0.1) is 0 Å². The number of hydrogen-bond acceptors (Lipinski definition) is 2. The minimum atomic E-state index is 1.10. The zero-order chi connectivity index (χ0) is 37.1. The number of hydrogen-bond donors (Lipinski definition) is 0. The summed E-state index contributed by atoms with van der Waals surface area (Å²) >= 11 is 0. The Morgan fingerprint density at radius 3 is 1.11 bits per heavy atom. The second-order valence-corrected chi connectivity index (χ2v) is 13.3. The molecule has 0 N–H and O–H groups in total. The summed E-state index contributed by atoms with van der Waals surface area (Å²) in [6, 6.07) is 62.8. The molecule has 0 amide bonds. The van der Waals surface area contributed by atoms with Crippen LogP contribution in [0, 0.1) is 13.8 Å². The number of benzene rings is 7. The van der Waals surface area contributed by atoms with Gasteiger partial charge in [-0.2, -0.15) is 0 Å². The van der Waals surface area contributed by atoms with E-state index < -0.39 is 0 Å². The van der Waals surface area contributed by atoms with E-state index in [4.69, 9.17) is 0 Å². The Labute approximate surface area is 320 Å². The van der Waals surface area contributed by atoms with Crippen molar-refractivity contribution in [2.45, 2.75) is 13.8 Å². The van der Waals surface area contributed by atoms with Crippen LogP contribution in [0.3, 0.4) is 0 Å². The second-order valence-electron chi connectivity index (χ2n) is 13.3. The molecular weight excluding hydrogens is 653 g/mol. The lowest BCUT2D eigenvalue weighted by atomic mass is 10.0. The first-order valence-electron chi connectivity index (χ1n) is 18.4. The molecule has 2 nitrogen and oxygen atoms in total. The minimum Gasteiger partial charge on any atom is -0.310 e. The van der Waals surface area contributed by atoms with Crippen LogP contribution in [0.1, 0.15) is 27.8 Å². The quantitative estimate of drug-likeness (QED) is 0.117. The lowest BCUT2D eigenvalue weighted by molar-refractivity contribution is 1.27. The van der Waals surface area contributed by atoms with Crippen LogP contribution in [0.4, 0.5) is 34.1 Å². The zero-order valence-corrected chi connectivity index (χ0v) is 30.9. The normalized spacial score (nSPS) is 11.4. The Hall–Kier alpha value is -6.90. The summed E-state index contributed by atoms with van der Waals surface area (Å²) in [5.41, 5.74) is 14.9. The first-order valence-corrected chi connectivity index (χ1v) is 18.4. The molecule has 0 radical (unpaired) electrons. The molecule has 7 aromatic carbocycles. The van der Waals surface area contributed by atoms with Crippen molar-refractivity contribution in [1.29, 1.82) is 0 Å². The van der Waals surface area contributed by atoms with Gasteiger partial charge in [0, 0.05) is 34.1 Å². The third kappa shape index (κ3) is 8.75. The molecule has 0 saturated carbocycles. The van der Waals surface area contributed by atoms with Crippen molar-refractivity contribution in [2.24, 2.45) is 0 Å². The fraction of sp³-hybridized carbons (Fsp3) is 0.0385. The first kappa shape index (κ1) is 35.5. The lowest BCUT2D eigenvalue weighted by Crippen LogP contribution is -2.10. The van der Waals surface area contributed by atoms with Crippen molar-refractivity contribution in [3.63, 3.8) is 0 Å². The van der Waals surface area contributed by atoms with E-state index in [9.17, 15) is 0 Å². The van der Waals surface area contributed by atoms with Gasteiger partial charge in [0.1, 0.15) is 0 Å². The van der Waals surface area contributed by atoms with Crippen molar-refractivity contribution in [3.05, 3.63) is 235 Å². The minimum absolute atomic E-state index is 1.10. The molecule has 0 atom stereocenters. The molecule has 0 heterocycles. The lowest BCUT2D eigenvalue weighted by Gasteiger charge is -2.26. The van der Waals surface area contributed by atoms with Crippen LogP contribution >= 0.6 is 0 Å². The summed E-state index contributed by atoms with van der Waals surface area (Å²) in [6.45, 7) is 8.07. The molecule has 7 rings (SSSR count). The fourth-order valence-corrected chi connectivity index (χ4v) is 6.58. The molecule has 0 aliphatic heterocycles. The van der Waals surface area contributed by atoms with Gasteiger partial charge in [-0.25, -0.2) is 0 Å². The van der Waals surface area contributed by atoms with Gasteiger partial charge in [-0.05, 0) is 126 Å². The molecule has 0 aromatic heterocycles. The predicted octanol–water partition coefficient (Wildman–Crippen LogP) is 14.8. The Morgan fingerprint density at radius 2 is 0.722 bits per heavy atom. The van der Waals surface area contributed by atoms with Crippen molar-refractivity contribution in [3.8, 4) is 11.1 Å². The highest BCUT2D eigenvalue weighted by molar-refractivity contribution is 5.81. The van der Waals surface area contributed by atoms with E-state index in [-0.39, 0.29) is 0 Å². The Bertz CT molecular complexity index is 2380. The summed E-state index contributed by atoms with van der Waals surface area (Å²) in [4.78, 5) is 4.63. The second kappa shape index (κ2) is 17.1. The van der Waals surface area contributed by atoms with Crippen LogP contribution in [0.2, 0.25) is 0 Å². The molecule has 0 saturated heterocycles. The van der Waals surface area contributed by atoms with Crippen LogP contribution in [0.25, 0.3) is 29.4 Å². The van der Waals surface area contributed by atoms with E-state index >= 15 is 0 Å². The highest BCUT2D eigenvalue weighted by Gasteiger charge is 2.15. The molecule has 0 aliphatic carbocycles. The number of allylic oxidation sites excluding steroid dienone is 4. The number of nitrogens with zero attached hydrogens (tertiary/aromatic N) is 2. The van der Waals surface area contributed by atoms with Crippen LogP contribution in [-0.4, -0.2) is 0 Å². The van der Waals surface area contributed by atoms with E-state index in [1.807, 2.05) is 12.1 Å². The standard InChI is InChI=1S/C52H44N2/c1-4-5-15-43-22-30-47(31-23-43)53(51-20-11-13-40(2)38-51)49-34-26-45(27-35-49)46-28-36-50(37-29-46)54(52-21-12-14-41(3)39-52)48-32-24-44(25-33-48)19-10-9-18-42-16-7-6-8-17-42/h4-39H,1H2,2-3H3/b15-5+,18-9+,19-10+. The van der Waals surface area contributed by atoms with Crippen LogP contribution in [-0.2, 0) is 0 Å². The molecule has 54 heavy (non-hydrogen) atoms. The maximum absolute atomic E-state index is 3.80. The number of anilines is 6. The van der Waals surface area contributed by atoms with Crippen molar-refractivity contribution < 1.29 is 0 Å². The van der Waals surface area contributed by atoms with Gasteiger partial charge in [0.2, 0.25) is 0 Å². The average molecular weight is 697 g/mol. The van der Waals surface area contributed by atoms with Crippen molar-refractivity contribution in [2.75, 3.05) is 9.80 Å². The zero-order valence-electron chi connectivity index (χ0n) is 30.9. The van der Waals surface area contributed by atoms with Gasteiger partial charge in [-0.15, -0.1) is 0 Å². The third-order valence-electron chi connectivity index (χ3n) is 9.32. The van der Waals surface area contributed by atoms with Crippen LogP contribution in [0.5, 0.6) is 0 Å². The summed E-state index contributed by atoms with van der Waals surface area (Å²) in [6.07, 6.45) is 14.3. The Morgan fingerprint density at radius 1 is 0.352 bits per heavy atom. The molecule has 0 fully saturated rings. The van der Waals surface area contributed by atoms with Gasteiger partial charge >= 0.3 is 0 Å². The smallest absolute Gasteiger partial charge is 0.0464 e. The third-order valence-corrected chi connectivity index (χ3v) is 9.32. The molecule has 0 spiro atoms. The SMILES string of the molecule is C=C/C=C/c1ccc(N(c2ccc(-c3ccc(N(c4ccc(/C=C/C=C/c5ccccc5)cc4)c4cccc(C)c4)cc3)cc2)c2cccc(C)c2)cc1. The van der Waals surface area contributed by atoms with Crippen molar-refractivity contribution >= 4 is 52.4 Å². The van der Waals surface area contributed by atoms with Gasteiger partial charge in [0.25, 0.3) is 0 Å². The maximum Gasteiger partial charge on any atom is 0.0464 e. The van der Waals surface area contributed by atoms with E-state index in [2.05, 4.69) is 230 Å². The van der Waals surface area contributed by atoms with Crippen molar-refractivity contribution in [1.82, 2.24) is 0 Å². The number of rotatable bonds is 12. The molecule has 0 aliphatic rings. The number of aryl methyl sites for hydroxylation is 2. The summed E-state index contributed by atoms with van der Waals surface area (Å²) in [5.74, 6) is 0. The fourth-order valence-electron chi connectivity index (χ4n) is 6.58. The monoisotopic (exact) mass is 696 g/mol. The van der Waals surface area contributed by atoms with Crippen LogP contribution in [0.15, 0.2) is 207 Å². The Balaban J connectivity index is 1.14. The summed E-state index contributed by atoms with van der Waals surface area (Å²) in [7, 11) is 0. The topological polar surface area (TPSA) is 6.48 Å². The van der Waals surface area contributed by atoms with Gasteiger partial charge in [-0.1, -0.05) is 152 Å². The van der Waals surface area contributed by atoms with Gasteiger partial charge < -0.3 is 9.80 Å². The van der Waals surface area contributed by atoms with Crippen LogP contribution < -0.4 is 9.80 Å². The molecule has 262 valence electrons. The average Bonchev–Trinajstić information content (AvgIpc) is 3.21. The molecular formula is C52H44N2. The van der Waals surface area contributed by atoms with E-state index in [0.29, 0.717) is 0 Å². The van der Waals surface area contributed by atoms with Gasteiger partial charge in [-0.3, -0.25) is 0 Å². The maximum atomic E-state index is 3.80. The van der Waals surface area contributed by atoms with E-state index in [1.54, 1.807) is 6.08 Å². The summed E-state index contributed by atoms with van der Waals surface area (Å²) in [5, 5.41) is 0.